The summed E-state index contributed by atoms with van der Waals surface area (Å²) in [5, 5.41) is 6.89. The Hall–Kier alpha value is -0.531. The van der Waals surface area contributed by atoms with E-state index in [2.05, 4.69) is 12.2 Å². The normalized spacial score (nSPS) is 11.1. The standard InChI is InChI=1S/C5H5.CH2O2.Fe/c1-2-4-5-3-1;2-1-3;/h1-3H,4H2;1H,(H,2,3);/q-1;;. The maximum absolute atomic E-state index is 8.36. The predicted octanol–water partition coefficient (Wildman–Crippen LogP) is 1.00. The average molecular weight is 167 g/mol. The third kappa shape index (κ3) is 11.2. The Kier molecular flexibility index (Phi) is 13.1. The summed E-state index contributed by atoms with van der Waals surface area (Å²) in [6.07, 6.45) is 10.0. The van der Waals surface area contributed by atoms with Gasteiger partial charge in [0.1, 0.15) is 0 Å². The van der Waals surface area contributed by atoms with Crippen LogP contribution in [0.4, 0.5) is 0 Å². The molecule has 0 aromatic rings. The SMILES string of the molecule is O=CO.[C-]1=CC=CC1.[Fe]. The van der Waals surface area contributed by atoms with E-state index in [1.807, 2.05) is 12.2 Å². The summed E-state index contributed by atoms with van der Waals surface area (Å²) in [7, 11) is 0. The van der Waals surface area contributed by atoms with Crippen LogP contribution in [0.25, 0.3) is 0 Å². The first-order chi connectivity index (χ1) is 3.91. The van der Waals surface area contributed by atoms with Gasteiger partial charge in [0, 0.05) is 17.1 Å². The molecule has 9 heavy (non-hydrogen) atoms. The van der Waals surface area contributed by atoms with E-state index in [1.54, 1.807) is 0 Å². The molecule has 0 aromatic carbocycles. The summed E-state index contributed by atoms with van der Waals surface area (Å²) in [4.78, 5) is 8.36. The molecule has 0 radical (unpaired) electrons. The van der Waals surface area contributed by atoms with Gasteiger partial charge in [-0.25, -0.2) is 12.2 Å². The molecule has 1 aliphatic rings. The van der Waals surface area contributed by atoms with Crippen molar-refractivity contribution in [1.82, 2.24) is 0 Å². The Morgan fingerprint density at radius 1 is 1.67 bits per heavy atom. The van der Waals surface area contributed by atoms with E-state index in [4.69, 9.17) is 9.90 Å². The van der Waals surface area contributed by atoms with E-state index in [0.29, 0.717) is 0 Å². The van der Waals surface area contributed by atoms with Crippen LogP contribution < -0.4 is 0 Å². The van der Waals surface area contributed by atoms with Gasteiger partial charge < -0.3 is 5.11 Å². The quantitative estimate of drug-likeness (QED) is 0.332. The molecular formula is C6H7FeO2-. The number of hydrogen-bond donors (Lipinski definition) is 1. The van der Waals surface area contributed by atoms with Crippen LogP contribution in [0.15, 0.2) is 18.2 Å². The smallest absolute Gasteiger partial charge is 0.290 e. The summed E-state index contributed by atoms with van der Waals surface area (Å²) in [6.45, 7) is -0.250. The van der Waals surface area contributed by atoms with E-state index in [0.717, 1.165) is 6.42 Å². The van der Waals surface area contributed by atoms with E-state index >= 15 is 0 Å². The van der Waals surface area contributed by atoms with Crippen LogP contribution in [0, 0.1) is 6.08 Å². The van der Waals surface area contributed by atoms with E-state index < -0.39 is 0 Å². The first kappa shape index (κ1) is 11.3. The number of carboxylic acid groups (broad SMARTS) is 1. The fourth-order valence-electron chi connectivity index (χ4n) is 0.340. The average Bonchev–Trinajstić information content (AvgIpc) is 2.17. The summed E-state index contributed by atoms with van der Waals surface area (Å²) < 4.78 is 0. The molecule has 0 fully saturated rings. The van der Waals surface area contributed by atoms with Crippen molar-refractivity contribution in [3.8, 4) is 0 Å². The molecule has 0 saturated carbocycles. The Balaban J connectivity index is 0. The molecule has 0 spiro atoms. The molecule has 0 unspecified atom stereocenters. The topological polar surface area (TPSA) is 37.3 Å². The monoisotopic (exact) mass is 167 g/mol. The number of allylic oxidation sites excluding steroid dienone is 4. The van der Waals surface area contributed by atoms with Crippen LogP contribution in [-0.2, 0) is 21.9 Å². The Labute approximate surface area is 64.7 Å². The molecule has 0 aromatic heterocycles. The minimum Gasteiger partial charge on any atom is -0.483 e. The zero-order valence-electron chi connectivity index (χ0n) is 4.73. The number of rotatable bonds is 0. The second kappa shape index (κ2) is 10.5. The van der Waals surface area contributed by atoms with Crippen molar-refractivity contribution in [2.45, 2.75) is 6.42 Å². The van der Waals surface area contributed by atoms with Crippen LogP contribution >= 0.6 is 0 Å². The Bertz CT molecular complexity index is 97.6. The van der Waals surface area contributed by atoms with Gasteiger partial charge in [0.2, 0.25) is 0 Å². The molecular weight excluding hydrogens is 160 g/mol. The van der Waals surface area contributed by atoms with E-state index in [9.17, 15) is 0 Å². The second-order valence-electron chi connectivity index (χ2n) is 1.11. The predicted molar refractivity (Wildman–Crippen MR) is 30.3 cm³/mol. The van der Waals surface area contributed by atoms with Crippen molar-refractivity contribution in [2.75, 3.05) is 0 Å². The van der Waals surface area contributed by atoms with Crippen molar-refractivity contribution in [3.05, 3.63) is 24.3 Å². The van der Waals surface area contributed by atoms with Crippen LogP contribution in [0.2, 0.25) is 0 Å². The van der Waals surface area contributed by atoms with Gasteiger partial charge in [-0.1, -0.05) is 0 Å². The molecule has 1 N–H and O–H groups in total. The number of carbonyl (C=O) groups is 1. The molecule has 0 bridgehead atoms. The van der Waals surface area contributed by atoms with Gasteiger partial charge in [0.15, 0.2) is 0 Å². The molecule has 0 amide bonds. The maximum atomic E-state index is 8.36. The third-order valence-corrected chi connectivity index (χ3v) is 0.586. The van der Waals surface area contributed by atoms with Crippen molar-refractivity contribution in [1.29, 1.82) is 0 Å². The summed E-state index contributed by atoms with van der Waals surface area (Å²) in [6, 6.07) is 0. The molecule has 52 valence electrons. The van der Waals surface area contributed by atoms with Gasteiger partial charge in [-0.3, -0.25) is 10.9 Å². The third-order valence-electron chi connectivity index (χ3n) is 0.586. The molecule has 3 heteroatoms. The van der Waals surface area contributed by atoms with Crippen LogP contribution in [0.3, 0.4) is 0 Å². The van der Waals surface area contributed by atoms with Gasteiger partial charge in [0.05, 0.1) is 0 Å². The second-order valence-corrected chi connectivity index (χ2v) is 1.11. The van der Waals surface area contributed by atoms with Crippen molar-refractivity contribution >= 4 is 6.47 Å². The summed E-state index contributed by atoms with van der Waals surface area (Å²) in [5.74, 6) is 0. The van der Waals surface area contributed by atoms with Crippen LogP contribution in [-0.4, -0.2) is 11.6 Å². The Morgan fingerprint density at radius 2 is 2.22 bits per heavy atom. The summed E-state index contributed by atoms with van der Waals surface area (Å²) in [5.41, 5.74) is 0. The fourth-order valence-corrected chi connectivity index (χ4v) is 0.340. The molecule has 0 heterocycles. The van der Waals surface area contributed by atoms with Gasteiger partial charge in [-0.05, 0) is 0 Å². The zero-order valence-corrected chi connectivity index (χ0v) is 5.83. The molecule has 1 rings (SSSR count). The largest absolute Gasteiger partial charge is 0.483 e. The first-order valence-electron chi connectivity index (χ1n) is 2.21. The van der Waals surface area contributed by atoms with Crippen LogP contribution in [0.5, 0.6) is 0 Å². The van der Waals surface area contributed by atoms with Crippen LogP contribution in [0.1, 0.15) is 6.42 Å². The van der Waals surface area contributed by atoms with Gasteiger partial charge in [0.25, 0.3) is 6.47 Å². The van der Waals surface area contributed by atoms with Crippen molar-refractivity contribution < 1.29 is 27.0 Å². The minimum absolute atomic E-state index is 0. The van der Waals surface area contributed by atoms with Gasteiger partial charge >= 0.3 is 0 Å². The molecule has 0 atom stereocenters. The van der Waals surface area contributed by atoms with E-state index in [-0.39, 0.29) is 23.5 Å². The van der Waals surface area contributed by atoms with Gasteiger partial charge in [-0.15, -0.1) is 6.42 Å². The molecule has 0 saturated heterocycles. The Morgan fingerprint density at radius 3 is 2.33 bits per heavy atom. The molecule has 2 nitrogen and oxygen atoms in total. The van der Waals surface area contributed by atoms with E-state index in [1.165, 1.54) is 0 Å². The fraction of sp³-hybridized carbons (Fsp3) is 0.167. The minimum atomic E-state index is -0.250. The molecule has 0 aliphatic heterocycles. The first-order valence-corrected chi connectivity index (χ1v) is 2.21. The summed E-state index contributed by atoms with van der Waals surface area (Å²) >= 11 is 0. The van der Waals surface area contributed by atoms with Crippen molar-refractivity contribution in [2.24, 2.45) is 0 Å². The van der Waals surface area contributed by atoms with Gasteiger partial charge in [-0.2, -0.15) is 6.08 Å². The molecule has 1 aliphatic carbocycles. The number of hydrogen-bond acceptors (Lipinski definition) is 1. The van der Waals surface area contributed by atoms with Crippen molar-refractivity contribution in [3.63, 3.8) is 0 Å². The zero-order chi connectivity index (χ0) is 6.24. The maximum Gasteiger partial charge on any atom is 0.290 e.